The molecule has 2 heterocycles. The molecule has 0 unspecified atom stereocenters. The maximum Gasteiger partial charge on any atom is 0.154 e. The van der Waals surface area contributed by atoms with E-state index in [2.05, 4.69) is 20.2 Å². The zero-order chi connectivity index (χ0) is 11.0. The van der Waals surface area contributed by atoms with E-state index in [-0.39, 0.29) is 0 Å². The third-order valence-electron chi connectivity index (χ3n) is 2.74. The van der Waals surface area contributed by atoms with Crippen molar-refractivity contribution in [3.05, 3.63) is 29.8 Å². The number of nitrogens with zero attached hydrogens (tertiary/aromatic N) is 3. The molecule has 0 amide bonds. The molecule has 0 aliphatic heterocycles. The number of aromatic amines is 1. The van der Waals surface area contributed by atoms with E-state index in [0.29, 0.717) is 22.9 Å². The summed E-state index contributed by atoms with van der Waals surface area (Å²) in [6, 6.07) is 0. The Balaban J connectivity index is 2.10. The average molecular weight is 214 g/mol. The first kappa shape index (κ1) is 9.21. The minimum atomic E-state index is 0.470. The van der Waals surface area contributed by atoms with Gasteiger partial charge in [0, 0.05) is 24.0 Å². The van der Waals surface area contributed by atoms with E-state index in [1.807, 2.05) is 0 Å². The maximum absolute atomic E-state index is 11.1. The van der Waals surface area contributed by atoms with E-state index in [1.165, 1.54) is 0 Å². The van der Waals surface area contributed by atoms with E-state index < -0.39 is 0 Å². The number of carbonyl (C=O) groups is 1. The van der Waals surface area contributed by atoms with Gasteiger partial charge < -0.3 is 0 Å². The van der Waals surface area contributed by atoms with Gasteiger partial charge in [0.25, 0.3) is 0 Å². The SMILES string of the molecule is O=Cc1c(-c2cnccn2)n[nH]c1C1CC1. The van der Waals surface area contributed by atoms with Crippen molar-refractivity contribution >= 4 is 6.29 Å². The molecule has 0 saturated heterocycles. The summed E-state index contributed by atoms with van der Waals surface area (Å²) in [4.78, 5) is 19.2. The molecule has 0 radical (unpaired) electrons. The lowest BCUT2D eigenvalue weighted by molar-refractivity contribution is 0.112. The van der Waals surface area contributed by atoms with E-state index in [9.17, 15) is 4.79 Å². The highest BCUT2D eigenvalue weighted by Gasteiger charge is 2.30. The molecular formula is C11H10N4O. The molecule has 1 fully saturated rings. The molecule has 2 aromatic rings. The van der Waals surface area contributed by atoms with Crippen LogP contribution in [-0.2, 0) is 0 Å². The summed E-state index contributed by atoms with van der Waals surface area (Å²) in [5.41, 5.74) is 2.80. The van der Waals surface area contributed by atoms with Crippen LogP contribution in [0, 0.1) is 0 Å². The van der Waals surface area contributed by atoms with Crippen LogP contribution in [0.3, 0.4) is 0 Å². The van der Waals surface area contributed by atoms with Crippen LogP contribution in [0.1, 0.15) is 34.8 Å². The Hall–Kier alpha value is -2.04. The molecule has 1 saturated carbocycles. The molecule has 0 spiro atoms. The van der Waals surface area contributed by atoms with Gasteiger partial charge in [-0.1, -0.05) is 0 Å². The fourth-order valence-corrected chi connectivity index (χ4v) is 1.78. The number of rotatable bonds is 3. The van der Waals surface area contributed by atoms with Gasteiger partial charge in [0.1, 0.15) is 11.4 Å². The Morgan fingerprint density at radius 3 is 2.88 bits per heavy atom. The van der Waals surface area contributed by atoms with Gasteiger partial charge in [-0.2, -0.15) is 5.10 Å². The van der Waals surface area contributed by atoms with Crippen molar-refractivity contribution in [2.45, 2.75) is 18.8 Å². The molecular weight excluding hydrogens is 204 g/mol. The van der Waals surface area contributed by atoms with Crippen molar-refractivity contribution in [3.8, 4) is 11.4 Å². The van der Waals surface area contributed by atoms with E-state index in [4.69, 9.17) is 0 Å². The number of hydrogen-bond acceptors (Lipinski definition) is 4. The molecule has 0 bridgehead atoms. The van der Waals surface area contributed by atoms with Crippen molar-refractivity contribution in [2.24, 2.45) is 0 Å². The molecule has 0 aromatic carbocycles. The lowest BCUT2D eigenvalue weighted by atomic mass is 10.1. The van der Waals surface area contributed by atoms with E-state index >= 15 is 0 Å². The summed E-state index contributed by atoms with van der Waals surface area (Å²) in [5, 5.41) is 7.10. The first-order valence-corrected chi connectivity index (χ1v) is 5.20. The predicted octanol–water partition coefficient (Wildman–Crippen LogP) is 1.56. The molecule has 1 N–H and O–H groups in total. The Kier molecular flexibility index (Phi) is 2.02. The van der Waals surface area contributed by atoms with Crippen LogP contribution in [0.2, 0.25) is 0 Å². The highest BCUT2D eigenvalue weighted by Crippen LogP contribution is 2.41. The summed E-state index contributed by atoms with van der Waals surface area (Å²) in [7, 11) is 0. The van der Waals surface area contributed by atoms with Crippen molar-refractivity contribution < 1.29 is 4.79 Å². The topological polar surface area (TPSA) is 71.5 Å². The minimum Gasteiger partial charge on any atom is -0.298 e. The lowest BCUT2D eigenvalue weighted by Gasteiger charge is -1.96. The van der Waals surface area contributed by atoms with Gasteiger partial charge in [-0.3, -0.25) is 19.9 Å². The molecule has 2 aromatic heterocycles. The second-order valence-electron chi connectivity index (χ2n) is 3.88. The normalized spacial score (nSPS) is 15.0. The van der Waals surface area contributed by atoms with Crippen LogP contribution in [-0.4, -0.2) is 26.5 Å². The molecule has 1 aliphatic carbocycles. The lowest BCUT2D eigenvalue weighted by Crippen LogP contribution is -1.91. The van der Waals surface area contributed by atoms with Crippen molar-refractivity contribution in [1.82, 2.24) is 20.2 Å². The van der Waals surface area contributed by atoms with Crippen molar-refractivity contribution in [3.63, 3.8) is 0 Å². The summed E-state index contributed by atoms with van der Waals surface area (Å²) in [5.74, 6) is 0.470. The second kappa shape index (κ2) is 3.52. The van der Waals surface area contributed by atoms with Gasteiger partial charge in [-0.25, -0.2) is 0 Å². The second-order valence-corrected chi connectivity index (χ2v) is 3.88. The van der Waals surface area contributed by atoms with Gasteiger partial charge in [0.15, 0.2) is 6.29 Å². The smallest absolute Gasteiger partial charge is 0.154 e. The van der Waals surface area contributed by atoms with E-state index in [0.717, 1.165) is 24.8 Å². The highest BCUT2D eigenvalue weighted by atomic mass is 16.1. The van der Waals surface area contributed by atoms with Gasteiger partial charge in [-0.05, 0) is 12.8 Å². The molecule has 3 rings (SSSR count). The van der Waals surface area contributed by atoms with Crippen molar-refractivity contribution in [2.75, 3.05) is 0 Å². The first-order chi connectivity index (χ1) is 7.90. The molecule has 16 heavy (non-hydrogen) atoms. The summed E-state index contributed by atoms with van der Waals surface area (Å²) < 4.78 is 0. The standard InChI is InChI=1S/C11H10N4O/c16-6-8-10(7-1-2-7)14-15-11(8)9-5-12-3-4-13-9/h3-7H,1-2H2,(H,14,15). The quantitative estimate of drug-likeness (QED) is 0.787. The maximum atomic E-state index is 11.1. The third-order valence-corrected chi connectivity index (χ3v) is 2.74. The van der Waals surface area contributed by atoms with Crippen LogP contribution >= 0.6 is 0 Å². The zero-order valence-corrected chi connectivity index (χ0v) is 8.55. The Morgan fingerprint density at radius 1 is 1.38 bits per heavy atom. The van der Waals surface area contributed by atoms with Crippen LogP contribution in [0.15, 0.2) is 18.6 Å². The van der Waals surface area contributed by atoms with Gasteiger partial charge >= 0.3 is 0 Å². The first-order valence-electron chi connectivity index (χ1n) is 5.20. The fraction of sp³-hybridized carbons (Fsp3) is 0.273. The minimum absolute atomic E-state index is 0.470. The highest BCUT2D eigenvalue weighted by molar-refractivity contribution is 5.86. The zero-order valence-electron chi connectivity index (χ0n) is 8.55. The Morgan fingerprint density at radius 2 is 2.25 bits per heavy atom. The largest absolute Gasteiger partial charge is 0.298 e. The van der Waals surface area contributed by atoms with E-state index in [1.54, 1.807) is 18.6 Å². The Labute approximate surface area is 91.9 Å². The molecule has 5 nitrogen and oxygen atoms in total. The number of aromatic nitrogens is 4. The van der Waals surface area contributed by atoms with Crippen LogP contribution in [0.25, 0.3) is 11.4 Å². The summed E-state index contributed by atoms with van der Waals surface area (Å²) in [6.45, 7) is 0. The monoisotopic (exact) mass is 214 g/mol. The summed E-state index contributed by atoms with van der Waals surface area (Å²) >= 11 is 0. The van der Waals surface area contributed by atoms with Gasteiger partial charge in [0.05, 0.1) is 11.8 Å². The van der Waals surface area contributed by atoms with Gasteiger partial charge in [0.2, 0.25) is 0 Å². The third kappa shape index (κ3) is 1.41. The number of H-pyrrole nitrogens is 1. The van der Waals surface area contributed by atoms with Crippen LogP contribution in [0.4, 0.5) is 0 Å². The number of carbonyl (C=O) groups excluding carboxylic acids is 1. The molecule has 5 heteroatoms. The van der Waals surface area contributed by atoms with Crippen LogP contribution in [0.5, 0.6) is 0 Å². The molecule has 80 valence electrons. The predicted molar refractivity (Wildman–Crippen MR) is 57.0 cm³/mol. The number of aldehydes is 1. The van der Waals surface area contributed by atoms with Crippen LogP contribution < -0.4 is 0 Å². The number of nitrogens with one attached hydrogen (secondary N) is 1. The molecule has 1 aliphatic rings. The molecule has 0 atom stereocenters. The van der Waals surface area contributed by atoms with Crippen molar-refractivity contribution in [1.29, 1.82) is 0 Å². The summed E-state index contributed by atoms with van der Waals surface area (Å²) in [6.07, 6.45) is 7.90. The average Bonchev–Trinajstić information content (AvgIpc) is 3.09. The van der Waals surface area contributed by atoms with Gasteiger partial charge in [-0.15, -0.1) is 0 Å². The fourth-order valence-electron chi connectivity index (χ4n) is 1.78. The number of hydrogen-bond donors (Lipinski definition) is 1. The Bertz CT molecular complexity index is 516.